The van der Waals surface area contributed by atoms with Crippen LogP contribution in [0.25, 0.3) is 16.6 Å². The van der Waals surface area contributed by atoms with Crippen LogP contribution < -0.4 is 19.5 Å². The Labute approximate surface area is 188 Å². The Balaban J connectivity index is 1.43. The third kappa shape index (κ3) is 3.80. The summed E-state index contributed by atoms with van der Waals surface area (Å²) in [5.74, 6) is 2.11. The molecule has 164 valence electrons. The van der Waals surface area contributed by atoms with Crippen LogP contribution in [-0.4, -0.2) is 46.1 Å². The first-order valence-electron chi connectivity index (χ1n) is 10.4. The highest BCUT2D eigenvalue weighted by molar-refractivity contribution is 7.99. The molecule has 2 aromatic carbocycles. The number of pyridine rings is 1. The second-order valence-corrected chi connectivity index (χ2v) is 8.23. The summed E-state index contributed by atoms with van der Waals surface area (Å²) in [6.45, 7) is 5.48. The van der Waals surface area contributed by atoms with Gasteiger partial charge in [0, 0.05) is 11.5 Å². The molecule has 9 heteroatoms. The molecule has 2 aromatic heterocycles. The molecule has 0 atom stereocenters. The van der Waals surface area contributed by atoms with E-state index in [9.17, 15) is 4.79 Å². The first-order chi connectivity index (χ1) is 15.6. The second kappa shape index (κ2) is 8.58. The Bertz CT molecular complexity index is 1320. The van der Waals surface area contributed by atoms with Gasteiger partial charge in [-0.1, -0.05) is 23.9 Å². The predicted octanol–water partition coefficient (Wildman–Crippen LogP) is 4.09. The quantitative estimate of drug-likeness (QED) is 0.443. The minimum Gasteiger partial charge on any atom is -0.492 e. The van der Waals surface area contributed by atoms with Crippen molar-refractivity contribution in [2.75, 3.05) is 30.9 Å². The molecule has 8 nitrogen and oxygen atoms in total. The van der Waals surface area contributed by atoms with E-state index in [2.05, 4.69) is 21.6 Å². The van der Waals surface area contributed by atoms with E-state index in [0.717, 1.165) is 27.9 Å². The number of anilines is 1. The van der Waals surface area contributed by atoms with Crippen molar-refractivity contribution in [3.8, 4) is 17.2 Å². The van der Waals surface area contributed by atoms with Crippen LogP contribution in [0.1, 0.15) is 12.5 Å². The van der Waals surface area contributed by atoms with Gasteiger partial charge in [-0.2, -0.15) is 0 Å². The summed E-state index contributed by atoms with van der Waals surface area (Å²) in [5, 5.41) is 13.2. The number of aromatic nitrogens is 3. The Morgan fingerprint density at radius 1 is 1.16 bits per heavy atom. The molecule has 0 saturated heterocycles. The van der Waals surface area contributed by atoms with E-state index in [1.165, 1.54) is 11.8 Å². The fourth-order valence-corrected chi connectivity index (χ4v) is 4.45. The van der Waals surface area contributed by atoms with Crippen LogP contribution in [0.2, 0.25) is 0 Å². The molecule has 32 heavy (non-hydrogen) atoms. The Hall–Kier alpha value is -3.46. The number of aryl methyl sites for hydroxylation is 1. The highest BCUT2D eigenvalue weighted by atomic mass is 32.2. The maximum absolute atomic E-state index is 12.6. The molecule has 5 rings (SSSR count). The lowest BCUT2D eigenvalue weighted by Gasteiger charge is -2.19. The number of benzene rings is 2. The van der Waals surface area contributed by atoms with Crippen LogP contribution in [0.3, 0.4) is 0 Å². The Kier molecular flexibility index (Phi) is 5.48. The maximum Gasteiger partial charge on any atom is 0.234 e. The number of carbonyl (C=O) groups is 1. The molecule has 0 saturated carbocycles. The number of hydrogen-bond donors (Lipinski definition) is 1. The van der Waals surface area contributed by atoms with E-state index < -0.39 is 0 Å². The van der Waals surface area contributed by atoms with Crippen LogP contribution in [-0.2, 0) is 4.79 Å². The smallest absolute Gasteiger partial charge is 0.234 e. The van der Waals surface area contributed by atoms with Crippen molar-refractivity contribution in [1.82, 2.24) is 14.6 Å². The van der Waals surface area contributed by atoms with E-state index in [0.29, 0.717) is 42.2 Å². The van der Waals surface area contributed by atoms with Gasteiger partial charge in [0.1, 0.15) is 19.0 Å². The minimum atomic E-state index is -0.148. The third-order valence-corrected chi connectivity index (χ3v) is 6.01. The van der Waals surface area contributed by atoms with Crippen LogP contribution in [0.15, 0.2) is 47.6 Å². The number of ether oxygens (including phenoxy) is 3. The lowest BCUT2D eigenvalue weighted by atomic mass is 10.1. The van der Waals surface area contributed by atoms with E-state index in [4.69, 9.17) is 14.2 Å². The van der Waals surface area contributed by atoms with Crippen molar-refractivity contribution in [2.45, 2.75) is 19.0 Å². The lowest BCUT2D eigenvalue weighted by molar-refractivity contribution is -0.113. The van der Waals surface area contributed by atoms with Gasteiger partial charge in [-0.15, -0.1) is 10.2 Å². The maximum atomic E-state index is 12.6. The molecule has 0 unspecified atom stereocenters. The van der Waals surface area contributed by atoms with Crippen molar-refractivity contribution in [3.63, 3.8) is 0 Å². The summed E-state index contributed by atoms with van der Waals surface area (Å²) < 4.78 is 19.0. The number of fused-ring (bicyclic) bond motifs is 4. The van der Waals surface area contributed by atoms with E-state index >= 15 is 0 Å². The van der Waals surface area contributed by atoms with Crippen molar-refractivity contribution < 1.29 is 19.0 Å². The van der Waals surface area contributed by atoms with Gasteiger partial charge < -0.3 is 19.5 Å². The number of nitrogens with zero attached hydrogens (tertiary/aromatic N) is 3. The summed E-state index contributed by atoms with van der Waals surface area (Å²) in [7, 11) is 0. The molecule has 1 N–H and O–H groups in total. The fraction of sp³-hybridized carbons (Fsp3) is 0.261. The van der Waals surface area contributed by atoms with Crippen LogP contribution >= 0.6 is 11.8 Å². The van der Waals surface area contributed by atoms with Crippen molar-refractivity contribution in [2.24, 2.45) is 0 Å². The molecule has 0 radical (unpaired) electrons. The van der Waals surface area contributed by atoms with Crippen LogP contribution in [0.4, 0.5) is 5.69 Å². The number of thioether (sulfide) groups is 1. The molecular formula is C23H22N4O4S. The summed E-state index contributed by atoms with van der Waals surface area (Å²) in [6.07, 6.45) is 0. The molecule has 0 fully saturated rings. The molecule has 0 aliphatic carbocycles. The van der Waals surface area contributed by atoms with Gasteiger partial charge in [0.25, 0.3) is 0 Å². The number of hydrogen-bond acceptors (Lipinski definition) is 7. The number of carbonyl (C=O) groups excluding carboxylic acids is 1. The first-order valence-corrected chi connectivity index (χ1v) is 11.3. The largest absolute Gasteiger partial charge is 0.492 e. The molecule has 0 bridgehead atoms. The normalized spacial score (nSPS) is 12.8. The van der Waals surface area contributed by atoms with Crippen molar-refractivity contribution in [3.05, 3.63) is 48.0 Å². The van der Waals surface area contributed by atoms with Gasteiger partial charge in [0.05, 0.1) is 23.6 Å². The standard InChI is InChI=1S/C23H22N4O4S/c1-3-29-18-7-5-4-6-16(18)24-21(28)13-32-23-26-25-22-14(2)10-15-11-19-20(31-9-8-30-19)12-17(15)27(22)23/h4-7,10-12H,3,8-9,13H2,1-2H3,(H,24,28). The molecule has 1 aliphatic heterocycles. The Morgan fingerprint density at radius 2 is 1.94 bits per heavy atom. The van der Waals surface area contributed by atoms with Crippen LogP contribution in [0.5, 0.6) is 17.2 Å². The minimum absolute atomic E-state index is 0.148. The number of nitrogens with one attached hydrogen (secondary N) is 1. The van der Waals surface area contributed by atoms with E-state index in [-0.39, 0.29) is 11.7 Å². The highest BCUT2D eigenvalue weighted by Crippen LogP contribution is 2.36. The van der Waals surface area contributed by atoms with Gasteiger partial charge in [-0.3, -0.25) is 9.20 Å². The van der Waals surface area contributed by atoms with Gasteiger partial charge >= 0.3 is 0 Å². The molecular weight excluding hydrogens is 428 g/mol. The summed E-state index contributed by atoms with van der Waals surface area (Å²) in [5.41, 5.74) is 3.29. The van der Waals surface area contributed by atoms with Gasteiger partial charge in [-0.25, -0.2) is 0 Å². The lowest BCUT2D eigenvalue weighted by Crippen LogP contribution is -2.15. The van der Waals surface area contributed by atoms with Crippen molar-refractivity contribution >= 4 is 39.9 Å². The molecule has 3 heterocycles. The van der Waals surface area contributed by atoms with Gasteiger partial charge in [0.15, 0.2) is 22.3 Å². The van der Waals surface area contributed by atoms with Gasteiger partial charge in [0.2, 0.25) is 5.91 Å². The second-order valence-electron chi connectivity index (χ2n) is 7.29. The zero-order valence-corrected chi connectivity index (χ0v) is 18.6. The summed E-state index contributed by atoms with van der Waals surface area (Å²) in [4.78, 5) is 12.6. The fourth-order valence-electron chi connectivity index (χ4n) is 3.70. The number of amides is 1. The predicted molar refractivity (Wildman–Crippen MR) is 123 cm³/mol. The number of rotatable bonds is 6. The Morgan fingerprint density at radius 3 is 2.75 bits per heavy atom. The average molecular weight is 451 g/mol. The number of para-hydroxylation sites is 2. The molecule has 0 spiro atoms. The molecule has 1 amide bonds. The van der Waals surface area contributed by atoms with E-state index in [1.807, 2.05) is 54.6 Å². The topological polar surface area (TPSA) is 87.0 Å². The summed E-state index contributed by atoms with van der Waals surface area (Å²) >= 11 is 1.33. The van der Waals surface area contributed by atoms with Gasteiger partial charge in [-0.05, 0) is 43.7 Å². The third-order valence-electron chi connectivity index (χ3n) is 5.08. The zero-order chi connectivity index (χ0) is 22.1. The summed E-state index contributed by atoms with van der Waals surface area (Å²) in [6, 6.07) is 13.4. The van der Waals surface area contributed by atoms with Crippen molar-refractivity contribution in [1.29, 1.82) is 0 Å². The van der Waals surface area contributed by atoms with E-state index in [1.54, 1.807) is 0 Å². The SMILES string of the molecule is CCOc1ccccc1NC(=O)CSc1nnc2c(C)cc3cc4c(cc3n12)OCCO4. The zero-order valence-electron chi connectivity index (χ0n) is 17.8. The molecule has 1 aliphatic rings. The first kappa shape index (κ1) is 20.4. The average Bonchev–Trinajstić information content (AvgIpc) is 3.23. The monoisotopic (exact) mass is 450 g/mol. The van der Waals surface area contributed by atoms with Crippen LogP contribution in [0, 0.1) is 6.92 Å². The highest BCUT2D eigenvalue weighted by Gasteiger charge is 2.18. The molecule has 4 aromatic rings.